The number of hydrogen-bond acceptors (Lipinski definition) is 4. The van der Waals surface area contributed by atoms with Crippen LogP contribution in [-0.2, 0) is 6.54 Å². The second kappa shape index (κ2) is 7.29. The van der Waals surface area contributed by atoms with E-state index in [1.54, 1.807) is 24.5 Å². The molecule has 0 unspecified atom stereocenters. The van der Waals surface area contributed by atoms with Crippen LogP contribution < -0.4 is 5.32 Å². The van der Waals surface area contributed by atoms with Crippen LogP contribution in [0.3, 0.4) is 0 Å². The molecule has 1 fully saturated rings. The van der Waals surface area contributed by atoms with Gasteiger partial charge in [0.25, 0.3) is 11.8 Å². The number of pyridine rings is 1. The van der Waals surface area contributed by atoms with Gasteiger partial charge >= 0.3 is 0 Å². The largest absolute Gasteiger partial charge is 0.467 e. The zero-order valence-corrected chi connectivity index (χ0v) is 13.7. The topological polar surface area (TPSA) is 75.4 Å². The molecule has 0 saturated carbocycles. The quantitative estimate of drug-likeness (QED) is 0.936. The molecule has 6 heteroatoms. The number of nitrogens with one attached hydrogen (secondary N) is 1. The van der Waals surface area contributed by atoms with Gasteiger partial charge in [-0.25, -0.2) is 0 Å². The highest BCUT2D eigenvalue weighted by atomic mass is 16.3. The minimum absolute atomic E-state index is 0.0601. The van der Waals surface area contributed by atoms with E-state index in [1.807, 2.05) is 4.90 Å². The summed E-state index contributed by atoms with van der Waals surface area (Å²) < 4.78 is 5.18. The van der Waals surface area contributed by atoms with Crippen LogP contribution in [0.25, 0.3) is 0 Å². The maximum Gasteiger partial charge on any atom is 0.255 e. The Hall–Kier alpha value is -2.63. The zero-order valence-electron chi connectivity index (χ0n) is 13.7. The average Bonchev–Trinajstić information content (AvgIpc) is 3.13. The van der Waals surface area contributed by atoms with Crippen molar-refractivity contribution in [3.05, 3.63) is 53.7 Å². The Morgan fingerprint density at radius 3 is 2.75 bits per heavy atom. The lowest BCUT2D eigenvalue weighted by atomic mass is 9.98. The lowest BCUT2D eigenvalue weighted by Gasteiger charge is -2.30. The summed E-state index contributed by atoms with van der Waals surface area (Å²) in [6, 6.07) is 5.16. The summed E-state index contributed by atoms with van der Waals surface area (Å²) in [4.78, 5) is 30.7. The van der Waals surface area contributed by atoms with Crippen LogP contribution in [-0.4, -0.2) is 34.8 Å². The molecule has 0 bridgehead atoms. The fourth-order valence-electron chi connectivity index (χ4n) is 2.76. The van der Waals surface area contributed by atoms with Crippen molar-refractivity contribution < 1.29 is 14.0 Å². The molecule has 0 aliphatic carbocycles. The molecule has 1 aliphatic heterocycles. The first-order chi connectivity index (χ1) is 11.6. The molecule has 0 radical (unpaired) electrons. The molecule has 6 nitrogen and oxygen atoms in total. The zero-order chi connectivity index (χ0) is 16.9. The molecule has 1 aliphatic rings. The Balaban J connectivity index is 1.64. The van der Waals surface area contributed by atoms with Crippen molar-refractivity contribution in [2.75, 3.05) is 13.1 Å². The van der Waals surface area contributed by atoms with Gasteiger partial charge in [0.2, 0.25) is 0 Å². The van der Waals surface area contributed by atoms with Gasteiger partial charge in [0.05, 0.1) is 23.9 Å². The number of carbonyl (C=O) groups is 2. The molecular weight excluding hydrogens is 306 g/mol. The Morgan fingerprint density at radius 2 is 2.04 bits per heavy atom. The van der Waals surface area contributed by atoms with Crippen LogP contribution in [0.15, 0.2) is 41.3 Å². The molecule has 126 valence electrons. The van der Waals surface area contributed by atoms with Crippen LogP contribution in [0, 0.1) is 5.92 Å². The van der Waals surface area contributed by atoms with Crippen LogP contribution >= 0.6 is 0 Å². The standard InChI is InChI=1S/C18H21N3O3/c1-13-4-6-21(7-5-13)18(23)15-9-14(10-19-11-15)17(22)20-12-16-3-2-8-24-16/h2-3,8-11,13H,4-7,12H2,1H3,(H,20,22). The van der Waals surface area contributed by atoms with Gasteiger partial charge in [-0.3, -0.25) is 14.6 Å². The van der Waals surface area contributed by atoms with Gasteiger partial charge in [-0.1, -0.05) is 6.92 Å². The van der Waals surface area contributed by atoms with Gasteiger partial charge in [-0.15, -0.1) is 0 Å². The summed E-state index contributed by atoms with van der Waals surface area (Å²) in [7, 11) is 0. The monoisotopic (exact) mass is 327 g/mol. The number of nitrogens with zero attached hydrogens (tertiary/aromatic N) is 2. The third-order valence-electron chi connectivity index (χ3n) is 4.32. The SMILES string of the molecule is CC1CCN(C(=O)c2cncc(C(=O)NCc3ccco3)c2)CC1. The Labute approximate surface area is 140 Å². The van der Waals surface area contributed by atoms with Gasteiger partial charge in [0.1, 0.15) is 5.76 Å². The van der Waals surface area contributed by atoms with Crippen LogP contribution in [0.5, 0.6) is 0 Å². The van der Waals surface area contributed by atoms with E-state index in [-0.39, 0.29) is 11.8 Å². The van der Waals surface area contributed by atoms with E-state index in [4.69, 9.17) is 4.42 Å². The second-order valence-electron chi connectivity index (χ2n) is 6.20. The van der Waals surface area contributed by atoms with E-state index < -0.39 is 0 Å². The summed E-state index contributed by atoms with van der Waals surface area (Å²) >= 11 is 0. The number of furan rings is 1. The van der Waals surface area contributed by atoms with Crippen molar-refractivity contribution >= 4 is 11.8 Å². The molecule has 2 amide bonds. The van der Waals surface area contributed by atoms with Gasteiger partial charge < -0.3 is 14.6 Å². The van der Waals surface area contributed by atoms with Crippen molar-refractivity contribution in [3.63, 3.8) is 0 Å². The van der Waals surface area contributed by atoms with E-state index in [0.717, 1.165) is 25.9 Å². The molecule has 0 spiro atoms. The van der Waals surface area contributed by atoms with E-state index in [1.165, 1.54) is 12.4 Å². The van der Waals surface area contributed by atoms with Crippen molar-refractivity contribution in [3.8, 4) is 0 Å². The minimum Gasteiger partial charge on any atom is -0.467 e. The van der Waals surface area contributed by atoms with Crippen LogP contribution in [0.1, 0.15) is 46.2 Å². The molecule has 1 saturated heterocycles. The summed E-state index contributed by atoms with van der Waals surface area (Å²) in [6.07, 6.45) is 6.57. The summed E-state index contributed by atoms with van der Waals surface area (Å²) in [5, 5.41) is 2.76. The van der Waals surface area contributed by atoms with Gasteiger partial charge in [0.15, 0.2) is 0 Å². The molecule has 3 rings (SSSR count). The number of aromatic nitrogens is 1. The first kappa shape index (κ1) is 16.2. The number of piperidine rings is 1. The minimum atomic E-state index is -0.277. The Morgan fingerprint density at radius 1 is 1.29 bits per heavy atom. The van der Waals surface area contributed by atoms with E-state index in [2.05, 4.69) is 17.2 Å². The molecule has 3 heterocycles. The third kappa shape index (κ3) is 3.82. The van der Waals surface area contributed by atoms with Gasteiger partial charge in [-0.05, 0) is 37.0 Å². The molecule has 2 aromatic heterocycles. The Kier molecular flexibility index (Phi) is 4.93. The van der Waals surface area contributed by atoms with E-state index in [0.29, 0.717) is 29.3 Å². The Bertz CT molecular complexity index is 704. The third-order valence-corrected chi connectivity index (χ3v) is 4.32. The fourth-order valence-corrected chi connectivity index (χ4v) is 2.76. The first-order valence-electron chi connectivity index (χ1n) is 8.18. The number of hydrogen-bond donors (Lipinski definition) is 1. The lowest BCUT2D eigenvalue weighted by Crippen LogP contribution is -2.38. The summed E-state index contributed by atoms with van der Waals surface area (Å²) in [5.74, 6) is 0.993. The van der Waals surface area contributed by atoms with Gasteiger partial charge in [-0.2, -0.15) is 0 Å². The normalized spacial score (nSPS) is 15.3. The fraction of sp³-hybridized carbons (Fsp3) is 0.389. The first-order valence-corrected chi connectivity index (χ1v) is 8.18. The van der Waals surface area contributed by atoms with E-state index >= 15 is 0 Å². The number of rotatable bonds is 4. The van der Waals surface area contributed by atoms with Crippen molar-refractivity contribution in [1.82, 2.24) is 15.2 Å². The number of amides is 2. The lowest BCUT2D eigenvalue weighted by molar-refractivity contribution is 0.0697. The predicted octanol–water partition coefficient (Wildman–Crippen LogP) is 2.48. The highest BCUT2D eigenvalue weighted by Gasteiger charge is 2.22. The maximum absolute atomic E-state index is 12.6. The summed E-state index contributed by atoms with van der Waals surface area (Å²) in [6.45, 7) is 4.02. The van der Waals surface area contributed by atoms with Crippen LogP contribution in [0.2, 0.25) is 0 Å². The van der Waals surface area contributed by atoms with Crippen LogP contribution in [0.4, 0.5) is 0 Å². The maximum atomic E-state index is 12.6. The average molecular weight is 327 g/mol. The smallest absolute Gasteiger partial charge is 0.255 e. The van der Waals surface area contributed by atoms with Crippen molar-refractivity contribution in [2.24, 2.45) is 5.92 Å². The van der Waals surface area contributed by atoms with Gasteiger partial charge in [0, 0.05) is 25.5 Å². The summed E-state index contributed by atoms with van der Waals surface area (Å²) in [5.41, 5.74) is 0.827. The number of likely N-dealkylation sites (tertiary alicyclic amines) is 1. The molecule has 2 aromatic rings. The molecular formula is C18H21N3O3. The van der Waals surface area contributed by atoms with Crippen molar-refractivity contribution in [1.29, 1.82) is 0 Å². The molecule has 0 aromatic carbocycles. The highest BCUT2D eigenvalue weighted by Crippen LogP contribution is 2.18. The molecule has 24 heavy (non-hydrogen) atoms. The number of carbonyl (C=O) groups excluding carboxylic acids is 2. The van der Waals surface area contributed by atoms with E-state index in [9.17, 15) is 9.59 Å². The predicted molar refractivity (Wildman–Crippen MR) is 88.4 cm³/mol. The van der Waals surface area contributed by atoms with Crippen molar-refractivity contribution in [2.45, 2.75) is 26.3 Å². The molecule has 1 N–H and O–H groups in total. The molecule has 0 atom stereocenters. The highest BCUT2D eigenvalue weighted by molar-refractivity contribution is 5.99. The second-order valence-corrected chi connectivity index (χ2v) is 6.20.